The molecule has 184 valence electrons. The van der Waals surface area contributed by atoms with Crippen molar-refractivity contribution in [2.45, 2.75) is 20.0 Å². The first-order valence-electron chi connectivity index (χ1n) is 11.2. The molecule has 0 aliphatic rings. The van der Waals surface area contributed by atoms with Gasteiger partial charge in [0.2, 0.25) is 5.91 Å². The molecule has 1 aromatic carbocycles. The number of pyridine rings is 1. The predicted molar refractivity (Wildman–Crippen MR) is 136 cm³/mol. The lowest BCUT2D eigenvalue weighted by atomic mass is 10.3. The van der Waals surface area contributed by atoms with Gasteiger partial charge in [-0.2, -0.15) is 0 Å². The molecule has 1 amide bonds. The summed E-state index contributed by atoms with van der Waals surface area (Å²) >= 11 is 1.37. The Hall–Kier alpha value is -4.32. The third kappa shape index (κ3) is 4.15. The highest BCUT2D eigenvalue weighted by molar-refractivity contribution is 7.22. The van der Waals surface area contributed by atoms with E-state index in [9.17, 15) is 14.4 Å². The maximum Gasteiger partial charge on any atom is 0.332 e. The number of benzene rings is 1. The van der Waals surface area contributed by atoms with Crippen molar-refractivity contribution in [3.8, 4) is 5.75 Å². The van der Waals surface area contributed by atoms with Crippen molar-refractivity contribution in [1.29, 1.82) is 0 Å². The van der Waals surface area contributed by atoms with Crippen LogP contribution in [0.15, 0.2) is 58.5 Å². The minimum atomic E-state index is -0.516. The summed E-state index contributed by atoms with van der Waals surface area (Å²) in [7, 11) is 2.93. The number of amides is 1. The molecule has 0 unspecified atom stereocenters. The highest BCUT2D eigenvalue weighted by Crippen LogP contribution is 2.32. The molecule has 0 aliphatic carbocycles. The zero-order valence-corrected chi connectivity index (χ0v) is 20.7. The summed E-state index contributed by atoms with van der Waals surface area (Å²) in [6.45, 7) is 2.49. The van der Waals surface area contributed by atoms with Gasteiger partial charge in [-0.25, -0.2) is 14.8 Å². The second kappa shape index (κ2) is 9.38. The fourth-order valence-corrected chi connectivity index (χ4v) is 4.94. The highest BCUT2D eigenvalue weighted by Gasteiger charge is 2.23. The number of hydrogen-bond donors (Lipinski definition) is 0. The van der Waals surface area contributed by atoms with Gasteiger partial charge in [-0.3, -0.25) is 28.6 Å². The van der Waals surface area contributed by atoms with Crippen molar-refractivity contribution in [2.24, 2.45) is 14.1 Å². The van der Waals surface area contributed by atoms with Gasteiger partial charge in [0, 0.05) is 20.3 Å². The van der Waals surface area contributed by atoms with E-state index in [2.05, 4.69) is 15.0 Å². The van der Waals surface area contributed by atoms with E-state index < -0.39 is 11.2 Å². The fourth-order valence-electron chi connectivity index (χ4n) is 3.93. The van der Waals surface area contributed by atoms with Gasteiger partial charge in [-0.1, -0.05) is 17.4 Å². The van der Waals surface area contributed by atoms with Gasteiger partial charge >= 0.3 is 5.69 Å². The number of imidazole rings is 1. The summed E-state index contributed by atoms with van der Waals surface area (Å²) < 4.78 is 10.2. The first-order valence-corrected chi connectivity index (χ1v) is 12.0. The summed E-state index contributed by atoms with van der Waals surface area (Å²) in [4.78, 5) is 53.6. The van der Waals surface area contributed by atoms with Crippen molar-refractivity contribution >= 4 is 43.8 Å². The molecule has 0 radical (unpaired) electrons. The Bertz CT molecular complexity index is 1700. The first kappa shape index (κ1) is 23.4. The molecule has 0 spiro atoms. The molecule has 36 heavy (non-hydrogen) atoms. The van der Waals surface area contributed by atoms with Gasteiger partial charge in [-0.15, -0.1) is 0 Å². The monoisotopic (exact) mass is 505 g/mol. The number of aryl methyl sites for hydroxylation is 1. The van der Waals surface area contributed by atoms with E-state index in [1.807, 2.05) is 37.3 Å². The smallest absolute Gasteiger partial charge is 0.332 e. The Balaban J connectivity index is 1.55. The third-order valence-corrected chi connectivity index (χ3v) is 6.80. The summed E-state index contributed by atoms with van der Waals surface area (Å²) in [5.74, 6) is 0.425. The van der Waals surface area contributed by atoms with Crippen LogP contribution in [0.1, 0.15) is 12.6 Å². The molecule has 5 aromatic rings. The molecule has 5 rings (SSSR count). The molecule has 4 heterocycles. The Morgan fingerprint density at radius 2 is 1.94 bits per heavy atom. The molecule has 0 aliphatic heterocycles. The molecular formula is C24H23N7O4S. The zero-order valence-electron chi connectivity index (χ0n) is 19.9. The van der Waals surface area contributed by atoms with Crippen LogP contribution in [-0.4, -0.2) is 41.2 Å². The highest BCUT2D eigenvalue weighted by atomic mass is 32.1. The van der Waals surface area contributed by atoms with Crippen LogP contribution in [0.3, 0.4) is 0 Å². The first-order chi connectivity index (χ1) is 17.4. The topological polar surface area (TPSA) is 117 Å². The van der Waals surface area contributed by atoms with E-state index in [1.165, 1.54) is 40.9 Å². The number of rotatable bonds is 7. The van der Waals surface area contributed by atoms with Gasteiger partial charge in [0.1, 0.15) is 12.3 Å². The fraction of sp³-hybridized carbons (Fsp3) is 0.250. The van der Waals surface area contributed by atoms with Crippen molar-refractivity contribution in [3.05, 3.63) is 75.5 Å². The van der Waals surface area contributed by atoms with Crippen molar-refractivity contribution in [3.63, 3.8) is 0 Å². The van der Waals surface area contributed by atoms with Crippen LogP contribution in [-0.2, 0) is 32.0 Å². The SMILES string of the molecule is CCOc1ccc2nc(N(Cc3ccccn3)C(=O)Cn3cnc4c3c(=O)n(C)c(=O)n4C)sc2c1. The van der Waals surface area contributed by atoms with Crippen molar-refractivity contribution < 1.29 is 9.53 Å². The van der Waals surface area contributed by atoms with E-state index >= 15 is 0 Å². The molecule has 0 fully saturated rings. The molecule has 0 N–H and O–H groups in total. The second-order valence-corrected chi connectivity index (χ2v) is 9.12. The standard InChI is InChI=1S/C24H23N7O4S/c1-4-35-16-8-9-17-18(11-16)36-23(27-17)31(12-15-7-5-6-10-25-15)19(32)13-30-14-26-21-20(30)22(33)29(3)24(34)28(21)2/h5-11,14H,4,12-13H2,1-3H3. The molecular weight excluding hydrogens is 482 g/mol. The van der Waals surface area contributed by atoms with Crippen LogP contribution in [0.2, 0.25) is 0 Å². The van der Waals surface area contributed by atoms with E-state index in [-0.39, 0.29) is 30.2 Å². The number of ether oxygens (including phenoxy) is 1. The molecule has 4 aromatic heterocycles. The van der Waals surface area contributed by atoms with Gasteiger partial charge < -0.3 is 9.30 Å². The average Bonchev–Trinajstić information content (AvgIpc) is 3.49. The molecule has 11 nitrogen and oxygen atoms in total. The summed E-state index contributed by atoms with van der Waals surface area (Å²) in [6, 6.07) is 11.1. The van der Waals surface area contributed by atoms with Crippen LogP contribution < -0.4 is 20.9 Å². The Labute approximate surface area is 208 Å². The van der Waals surface area contributed by atoms with Gasteiger partial charge in [0.15, 0.2) is 16.3 Å². The molecule has 0 saturated heterocycles. The van der Waals surface area contributed by atoms with Gasteiger partial charge in [0.25, 0.3) is 5.56 Å². The third-order valence-electron chi connectivity index (χ3n) is 5.76. The number of thiazole rings is 1. The number of hydrogen-bond acceptors (Lipinski definition) is 8. The van der Waals surface area contributed by atoms with Crippen LogP contribution in [0.4, 0.5) is 5.13 Å². The zero-order chi connectivity index (χ0) is 25.4. The maximum absolute atomic E-state index is 13.7. The average molecular weight is 506 g/mol. The number of carbonyl (C=O) groups excluding carboxylic acids is 1. The number of nitrogens with zero attached hydrogens (tertiary/aromatic N) is 7. The lowest BCUT2D eigenvalue weighted by molar-refractivity contribution is -0.119. The summed E-state index contributed by atoms with van der Waals surface area (Å²) in [6.07, 6.45) is 3.06. The lowest BCUT2D eigenvalue weighted by Gasteiger charge is -2.20. The summed E-state index contributed by atoms with van der Waals surface area (Å²) in [5, 5.41) is 0.499. The van der Waals surface area contributed by atoms with E-state index in [0.29, 0.717) is 17.4 Å². The Morgan fingerprint density at radius 1 is 1.11 bits per heavy atom. The van der Waals surface area contributed by atoms with Gasteiger partial charge in [0.05, 0.1) is 35.4 Å². The number of fused-ring (bicyclic) bond motifs is 2. The largest absolute Gasteiger partial charge is 0.494 e. The normalized spacial score (nSPS) is 11.3. The molecule has 0 saturated carbocycles. The summed E-state index contributed by atoms with van der Waals surface area (Å²) in [5.41, 5.74) is 0.829. The number of aromatic nitrogens is 6. The molecule has 0 atom stereocenters. The van der Waals surface area contributed by atoms with Crippen LogP contribution in [0.25, 0.3) is 21.4 Å². The van der Waals surface area contributed by atoms with E-state index in [0.717, 1.165) is 20.5 Å². The van der Waals surface area contributed by atoms with Crippen LogP contribution >= 0.6 is 11.3 Å². The van der Waals surface area contributed by atoms with Crippen LogP contribution in [0.5, 0.6) is 5.75 Å². The molecule has 0 bridgehead atoms. The van der Waals surface area contributed by atoms with Gasteiger partial charge in [-0.05, 0) is 37.3 Å². The Kier molecular flexibility index (Phi) is 6.10. The van der Waals surface area contributed by atoms with E-state index in [1.54, 1.807) is 17.2 Å². The minimum absolute atomic E-state index is 0.170. The Morgan fingerprint density at radius 3 is 2.69 bits per heavy atom. The quantitative estimate of drug-likeness (QED) is 0.332. The number of carbonyl (C=O) groups is 1. The minimum Gasteiger partial charge on any atom is -0.494 e. The lowest BCUT2D eigenvalue weighted by Crippen LogP contribution is -2.38. The van der Waals surface area contributed by atoms with Crippen molar-refractivity contribution in [2.75, 3.05) is 11.5 Å². The molecule has 12 heteroatoms. The van der Waals surface area contributed by atoms with Crippen LogP contribution in [0, 0.1) is 0 Å². The van der Waals surface area contributed by atoms with E-state index in [4.69, 9.17) is 4.74 Å². The second-order valence-electron chi connectivity index (χ2n) is 8.11. The maximum atomic E-state index is 13.7. The predicted octanol–water partition coefficient (Wildman–Crippen LogP) is 2.07. The number of anilines is 1. The van der Waals surface area contributed by atoms with Crippen molar-refractivity contribution in [1.82, 2.24) is 28.7 Å².